The largest absolute Gasteiger partial charge is 0.508 e. The molecule has 0 unspecified atom stereocenters. The van der Waals surface area contributed by atoms with Gasteiger partial charge in [0.05, 0.1) is 25.4 Å². The first-order chi connectivity index (χ1) is 15.1. The van der Waals surface area contributed by atoms with E-state index in [1.54, 1.807) is 30.3 Å². The number of carbonyl (C=O) groups is 1. The molecule has 2 N–H and O–H groups in total. The summed E-state index contributed by atoms with van der Waals surface area (Å²) in [5, 5.41) is 18.5. The lowest BCUT2D eigenvalue weighted by Gasteiger charge is -2.14. The molecule has 0 bridgehead atoms. The summed E-state index contributed by atoms with van der Waals surface area (Å²) in [7, 11) is 0. The Labute approximate surface area is 184 Å². The molecule has 0 spiro atoms. The van der Waals surface area contributed by atoms with Crippen molar-refractivity contribution >= 4 is 5.97 Å². The fourth-order valence-electron chi connectivity index (χ4n) is 3.06. The average Bonchev–Trinajstić information content (AvgIpc) is 2.77. The lowest BCUT2D eigenvalue weighted by Crippen LogP contribution is -2.06. The van der Waals surface area contributed by atoms with Crippen molar-refractivity contribution in [1.29, 1.82) is 0 Å². The molecule has 0 aliphatic rings. The molecular weight excluding hydrogens is 396 g/mol. The van der Waals surface area contributed by atoms with Gasteiger partial charge in [0.15, 0.2) is 11.5 Å². The minimum Gasteiger partial charge on any atom is -0.508 e. The smallest absolute Gasteiger partial charge is 0.335 e. The van der Waals surface area contributed by atoms with Gasteiger partial charge in [0.25, 0.3) is 0 Å². The maximum absolute atomic E-state index is 11.3. The van der Waals surface area contributed by atoms with Gasteiger partial charge in [0, 0.05) is 0 Å². The highest BCUT2D eigenvalue weighted by Gasteiger charge is 2.11. The Morgan fingerprint density at radius 2 is 1.32 bits per heavy atom. The van der Waals surface area contributed by atoms with Gasteiger partial charge >= 0.3 is 5.97 Å². The van der Waals surface area contributed by atoms with E-state index in [4.69, 9.17) is 14.2 Å². The van der Waals surface area contributed by atoms with Crippen LogP contribution in [-0.4, -0.2) is 36.0 Å². The fraction of sp³-hybridized carbons (Fsp3) is 0.480. The predicted molar refractivity (Wildman–Crippen MR) is 121 cm³/mol. The van der Waals surface area contributed by atoms with Gasteiger partial charge in [-0.3, -0.25) is 0 Å². The fourth-order valence-corrected chi connectivity index (χ4v) is 3.06. The zero-order valence-corrected chi connectivity index (χ0v) is 18.3. The van der Waals surface area contributed by atoms with Gasteiger partial charge < -0.3 is 24.4 Å². The lowest BCUT2D eigenvalue weighted by atomic mass is 10.1. The van der Waals surface area contributed by atoms with Gasteiger partial charge in [-0.15, -0.1) is 0 Å². The van der Waals surface area contributed by atoms with Crippen molar-refractivity contribution < 1.29 is 29.2 Å². The quantitative estimate of drug-likeness (QED) is 0.315. The third-order valence-corrected chi connectivity index (χ3v) is 4.85. The SMILES string of the molecule is CCCCCCCCOc1cc(C(=O)O)ccc1OCCCCOc1ccc(O)cc1. The van der Waals surface area contributed by atoms with E-state index in [2.05, 4.69) is 6.92 Å². The van der Waals surface area contributed by atoms with Crippen molar-refractivity contribution in [3.05, 3.63) is 48.0 Å². The second kappa shape index (κ2) is 14.2. The molecule has 2 aromatic carbocycles. The van der Waals surface area contributed by atoms with Crippen LogP contribution in [0.1, 0.15) is 68.6 Å². The number of ether oxygens (including phenoxy) is 3. The number of carboxylic acid groups (broad SMARTS) is 1. The van der Waals surface area contributed by atoms with Crippen LogP contribution in [0, 0.1) is 0 Å². The number of aromatic carboxylic acids is 1. The number of carboxylic acids is 1. The van der Waals surface area contributed by atoms with E-state index in [1.165, 1.54) is 37.8 Å². The van der Waals surface area contributed by atoms with Crippen LogP contribution in [0.3, 0.4) is 0 Å². The molecule has 0 atom stereocenters. The number of unbranched alkanes of at least 4 members (excludes halogenated alkanes) is 6. The van der Waals surface area contributed by atoms with Gasteiger partial charge in [-0.05, 0) is 61.7 Å². The molecule has 31 heavy (non-hydrogen) atoms. The highest BCUT2D eigenvalue weighted by atomic mass is 16.5. The second-order valence-electron chi connectivity index (χ2n) is 7.48. The van der Waals surface area contributed by atoms with Gasteiger partial charge in [-0.1, -0.05) is 39.0 Å². The molecule has 6 nitrogen and oxygen atoms in total. The summed E-state index contributed by atoms with van der Waals surface area (Å²) in [6, 6.07) is 11.4. The van der Waals surface area contributed by atoms with E-state index in [1.807, 2.05) is 0 Å². The number of benzene rings is 2. The van der Waals surface area contributed by atoms with Crippen LogP contribution in [0.25, 0.3) is 0 Å². The molecule has 0 saturated carbocycles. The molecule has 0 aromatic heterocycles. The summed E-state index contributed by atoms with van der Waals surface area (Å²) in [5.74, 6) is 0.990. The zero-order chi connectivity index (χ0) is 22.3. The highest BCUT2D eigenvalue weighted by Crippen LogP contribution is 2.29. The molecular formula is C25H34O6. The predicted octanol–water partition coefficient (Wildman–Crippen LogP) is 6.07. The molecule has 2 aromatic rings. The Hall–Kier alpha value is -2.89. The van der Waals surface area contributed by atoms with Crippen LogP contribution in [-0.2, 0) is 0 Å². The molecule has 2 rings (SSSR count). The first-order valence-corrected chi connectivity index (χ1v) is 11.1. The van der Waals surface area contributed by atoms with Gasteiger partial charge in [-0.25, -0.2) is 4.79 Å². The topological polar surface area (TPSA) is 85.2 Å². The van der Waals surface area contributed by atoms with Crippen molar-refractivity contribution in [3.8, 4) is 23.0 Å². The number of aromatic hydroxyl groups is 1. The minimum absolute atomic E-state index is 0.188. The summed E-state index contributed by atoms with van der Waals surface area (Å²) in [4.78, 5) is 11.3. The maximum Gasteiger partial charge on any atom is 0.335 e. The average molecular weight is 431 g/mol. The molecule has 0 heterocycles. The molecule has 0 radical (unpaired) electrons. The number of phenolic OH excluding ortho intramolecular Hbond substituents is 1. The summed E-state index contributed by atoms with van der Waals surface area (Å²) in [6.45, 7) is 3.78. The van der Waals surface area contributed by atoms with Gasteiger partial charge in [0.2, 0.25) is 0 Å². The Kier molecular flexibility index (Phi) is 11.1. The monoisotopic (exact) mass is 430 g/mol. The lowest BCUT2D eigenvalue weighted by molar-refractivity contribution is 0.0696. The highest BCUT2D eigenvalue weighted by molar-refractivity contribution is 5.88. The standard InChI is InChI=1S/C25H34O6/c1-2-3-4-5-6-7-17-31-24-19-20(25(27)28)10-15-23(24)30-18-9-8-16-29-22-13-11-21(26)12-14-22/h10-15,19,26H,2-9,16-18H2,1H3,(H,27,28). The molecule has 0 aliphatic carbocycles. The Morgan fingerprint density at radius 3 is 2.00 bits per heavy atom. The van der Waals surface area contributed by atoms with Crippen LogP contribution >= 0.6 is 0 Å². The van der Waals surface area contributed by atoms with E-state index in [0.29, 0.717) is 37.1 Å². The van der Waals surface area contributed by atoms with Gasteiger partial charge in [0.1, 0.15) is 11.5 Å². The first kappa shape index (κ1) is 24.4. The summed E-state index contributed by atoms with van der Waals surface area (Å²) >= 11 is 0. The van der Waals surface area contributed by atoms with Gasteiger partial charge in [-0.2, -0.15) is 0 Å². The van der Waals surface area contributed by atoms with Crippen molar-refractivity contribution in [2.24, 2.45) is 0 Å². The van der Waals surface area contributed by atoms with E-state index in [0.717, 1.165) is 25.7 Å². The van der Waals surface area contributed by atoms with E-state index in [9.17, 15) is 15.0 Å². The third-order valence-electron chi connectivity index (χ3n) is 4.85. The molecule has 6 heteroatoms. The van der Waals surface area contributed by atoms with Crippen molar-refractivity contribution in [3.63, 3.8) is 0 Å². The van der Waals surface area contributed by atoms with Crippen LogP contribution in [0.2, 0.25) is 0 Å². The number of hydrogen-bond acceptors (Lipinski definition) is 5. The molecule has 0 saturated heterocycles. The summed E-state index contributed by atoms with van der Waals surface area (Å²) < 4.78 is 17.3. The first-order valence-electron chi connectivity index (χ1n) is 11.1. The molecule has 0 aliphatic heterocycles. The van der Waals surface area contributed by atoms with Crippen LogP contribution in [0.4, 0.5) is 0 Å². The number of phenols is 1. The van der Waals surface area contributed by atoms with Crippen LogP contribution < -0.4 is 14.2 Å². The molecule has 0 fully saturated rings. The van der Waals surface area contributed by atoms with Crippen molar-refractivity contribution in [1.82, 2.24) is 0 Å². The number of hydrogen-bond donors (Lipinski definition) is 2. The molecule has 0 amide bonds. The summed E-state index contributed by atoms with van der Waals surface area (Å²) in [6.07, 6.45) is 8.57. The van der Waals surface area contributed by atoms with E-state index in [-0.39, 0.29) is 11.3 Å². The zero-order valence-electron chi connectivity index (χ0n) is 18.3. The third kappa shape index (κ3) is 9.64. The summed E-state index contributed by atoms with van der Waals surface area (Å²) in [5.41, 5.74) is 0.188. The van der Waals surface area contributed by atoms with E-state index >= 15 is 0 Å². The van der Waals surface area contributed by atoms with Crippen LogP contribution in [0.5, 0.6) is 23.0 Å². The Bertz CT molecular complexity index is 772. The maximum atomic E-state index is 11.3. The Morgan fingerprint density at radius 1 is 0.742 bits per heavy atom. The minimum atomic E-state index is -0.984. The normalized spacial score (nSPS) is 10.6. The van der Waals surface area contributed by atoms with Crippen molar-refractivity contribution in [2.45, 2.75) is 58.3 Å². The Balaban J connectivity index is 1.74. The van der Waals surface area contributed by atoms with Crippen LogP contribution in [0.15, 0.2) is 42.5 Å². The molecule has 170 valence electrons. The van der Waals surface area contributed by atoms with Crippen molar-refractivity contribution in [2.75, 3.05) is 19.8 Å². The van der Waals surface area contributed by atoms with E-state index < -0.39 is 5.97 Å². The second-order valence-corrected chi connectivity index (χ2v) is 7.48. The number of rotatable bonds is 16.